The Balaban J connectivity index is 1.69. The molecule has 0 fully saturated rings. The topological polar surface area (TPSA) is 58.2 Å². The molecule has 0 heterocycles. The van der Waals surface area contributed by atoms with Crippen molar-refractivity contribution in [1.29, 1.82) is 0 Å². The smallest absolute Gasteiger partial charge is 0.251 e. The molecule has 2 N–H and O–H groups in total. The first kappa shape index (κ1) is 22.9. The summed E-state index contributed by atoms with van der Waals surface area (Å²) in [4.78, 5) is 26.3. The van der Waals surface area contributed by atoms with Crippen LogP contribution in [0.1, 0.15) is 36.2 Å². The number of halogens is 1. The Morgan fingerprint density at radius 1 is 1.00 bits per heavy atom. The van der Waals surface area contributed by atoms with E-state index in [1.54, 1.807) is 12.1 Å². The Morgan fingerprint density at radius 2 is 1.71 bits per heavy atom. The number of benzene rings is 3. The van der Waals surface area contributed by atoms with Crippen LogP contribution >= 0.6 is 23.4 Å². The van der Waals surface area contributed by atoms with Crippen molar-refractivity contribution >= 4 is 40.9 Å². The molecule has 0 saturated heterocycles. The molecule has 0 unspecified atom stereocenters. The minimum absolute atomic E-state index is 0.0278. The number of hydrogen-bond donors (Lipinski definition) is 2. The second-order valence-corrected chi connectivity index (χ2v) is 8.90. The van der Waals surface area contributed by atoms with Crippen molar-refractivity contribution in [3.63, 3.8) is 0 Å². The van der Waals surface area contributed by atoms with E-state index in [0.29, 0.717) is 16.3 Å². The molecule has 0 radical (unpaired) electrons. The number of amides is 2. The van der Waals surface area contributed by atoms with E-state index in [-0.39, 0.29) is 17.9 Å². The van der Waals surface area contributed by atoms with Gasteiger partial charge in [-0.1, -0.05) is 53.7 Å². The van der Waals surface area contributed by atoms with Crippen molar-refractivity contribution < 1.29 is 9.59 Å². The van der Waals surface area contributed by atoms with Gasteiger partial charge in [-0.05, 0) is 67.8 Å². The minimum Gasteiger partial charge on any atom is -0.350 e. The summed E-state index contributed by atoms with van der Waals surface area (Å²) in [6.07, 6.45) is 1.74. The normalized spacial score (nSPS) is 11.6. The van der Waals surface area contributed by atoms with Gasteiger partial charge in [0.1, 0.15) is 0 Å². The summed E-state index contributed by atoms with van der Waals surface area (Å²) in [5.74, 6) is -0.345. The van der Waals surface area contributed by atoms with Gasteiger partial charge in [-0.25, -0.2) is 0 Å². The first-order valence-electron chi connectivity index (χ1n) is 10.1. The number of rotatable bonds is 8. The molecule has 3 aromatic rings. The van der Waals surface area contributed by atoms with Gasteiger partial charge in [0.05, 0.1) is 5.69 Å². The van der Waals surface area contributed by atoms with Crippen LogP contribution in [0.4, 0.5) is 5.69 Å². The van der Waals surface area contributed by atoms with Gasteiger partial charge in [0.25, 0.3) is 5.91 Å². The highest BCUT2D eigenvalue weighted by molar-refractivity contribution is 7.99. The third-order valence-electron chi connectivity index (χ3n) is 4.68. The number of aryl methyl sites for hydroxylation is 1. The average molecular weight is 453 g/mol. The molecule has 0 saturated carbocycles. The van der Waals surface area contributed by atoms with Crippen LogP contribution in [0.15, 0.2) is 82.6 Å². The highest BCUT2D eigenvalue weighted by Crippen LogP contribution is 2.34. The molecule has 0 aliphatic rings. The number of carbonyl (C=O) groups is 2. The van der Waals surface area contributed by atoms with Gasteiger partial charge in [0, 0.05) is 33.3 Å². The number of anilines is 1. The van der Waals surface area contributed by atoms with Crippen molar-refractivity contribution in [2.75, 3.05) is 5.32 Å². The molecule has 0 aliphatic heterocycles. The van der Waals surface area contributed by atoms with Gasteiger partial charge in [0.2, 0.25) is 5.91 Å². The summed E-state index contributed by atoms with van der Waals surface area (Å²) in [6.45, 7) is 3.45. The zero-order valence-corrected chi connectivity index (χ0v) is 19.1. The van der Waals surface area contributed by atoms with E-state index in [1.165, 1.54) is 24.2 Å². The van der Waals surface area contributed by atoms with Crippen LogP contribution < -0.4 is 10.6 Å². The Kier molecular flexibility index (Phi) is 8.15. The van der Waals surface area contributed by atoms with Crippen LogP contribution in [0.5, 0.6) is 0 Å². The van der Waals surface area contributed by atoms with Crippen molar-refractivity contribution in [1.82, 2.24) is 5.32 Å². The highest BCUT2D eigenvalue weighted by Gasteiger charge is 2.14. The zero-order chi connectivity index (χ0) is 22.2. The van der Waals surface area contributed by atoms with E-state index in [4.69, 9.17) is 11.6 Å². The lowest BCUT2D eigenvalue weighted by Crippen LogP contribution is -2.33. The summed E-state index contributed by atoms with van der Waals surface area (Å²) in [6, 6.07) is 23.1. The van der Waals surface area contributed by atoms with Crippen LogP contribution in [0.2, 0.25) is 5.02 Å². The number of nitrogens with one attached hydrogen (secondary N) is 2. The quantitative estimate of drug-likeness (QED) is 0.427. The molecule has 6 heteroatoms. The molecule has 0 bridgehead atoms. The van der Waals surface area contributed by atoms with E-state index < -0.39 is 0 Å². The fraction of sp³-hybridized carbons (Fsp3) is 0.200. The van der Waals surface area contributed by atoms with Gasteiger partial charge in [-0.3, -0.25) is 9.59 Å². The van der Waals surface area contributed by atoms with Crippen LogP contribution in [0.25, 0.3) is 0 Å². The molecule has 4 nitrogen and oxygen atoms in total. The van der Waals surface area contributed by atoms with Gasteiger partial charge in [-0.15, -0.1) is 0 Å². The van der Waals surface area contributed by atoms with E-state index in [2.05, 4.69) is 22.8 Å². The maximum absolute atomic E-state index is 12.8. The lowest BCUT2D eigenvalue weighted by Gasteiger charge is -2.16. The third-order valence-corrected chi connectivity index (χ3v) is 6.02. The lowest BCUT2D eigenvalue weighted by molar-refractivity contribution is -0.114. The summed E-state index contributed by atoms with van der Waals surface area (Å²) < 4.78 is 0. The molecule has 160 valence electrons. The molecular weight excluding hydrogens is 428 g/mol. The fourth-order valence-corrected chi connectivity index (χ4v) is 4.09. The summed E-state index contributed by atoms with van der Waals surface area (Å²) in [7, 11) is 0. The van der Waals surface area contributed by atoms with Gasteiger partial charge >= 0.3 is 0 Å². The maximum Gasteiger partial charge on any atom is 0.251 e. The predicted octanol–water partition coefficient (Wildman–Crippen LogP) is 6.20. The predicted molar refractivity (Wildman–Crippen MR) is 128 cm³/mol. The Labute approximate surface area is 192 Å². The monoisotopic (exact) mass is 452 g/mol. The van der Waals surface area contributed by atoms with Crippen molar-refractivity contribution in [2.45, 2.75) is 42.5 Å². The van der Waals surface area contributed by atoms with Crippen molar-refractivity contribution in [2.24, 2.45) is 0 Å². The summed E-state index contributed by atoms with van der Waals surface area (Å²) in [5, 5.41) is 6.55. The first-order chi connectivity index (χ1) is 14.9. The van der Waals surface area contributed by atoms with Crippen LogP contribution in [0, 0.1) is 0 Å². The largest absolute Gasteiger partial charge is 0.350 e. The van der Waals surface area contributed by atoms with E-state index in [9.17, 15) is 9.59 Å². The molecule has 3 rings (SSSR count). The Bertz CT molecular complexity index is 1040. The first-order valence-corrected chi connectivity index (χ1v) is 11.3. The number of hydrogen-bond acceptors (Lipinski definition) is 3. The second-order valence-electron chi connectivity index (χ2n) is 7.35. The minimum atomic E-state index is -0.188. The second kappa shape index (κ2) is 11.0. The Morgan fingerprint density at radius 3 is 2.39 bits per heavy atom. The van der Waals surface area contributed by atoms with Crippen LogP contribution in [0.3, 0.4) is 0 Å². The fourth-order valence-electron chi connectivity index (χ4n) is 3.08. The highest BCUT2D eigenvalue weighted by atomic mass is 35.5. The average Bonchev–Trinajstić information content (AvgIpc) is 2.75. The van der Waals surface area contributed by atoms with Gasteiger partial charge in [0.15, 0.2) is 0 Å². The maximum atomic E-state index is 12.8. The standard InChI is InChI=1S/C25H25ClN2O2S/c1-17(8-9-19-6-4-3-5-7-19)27-25(30)20-10-15-24(23(16-20)28-18(2)29)31-22-13-11-21(26)12-14-22/h3-7,10-17H,8-9H2,1-2H3,(H,27,30)(H,28,29)/t17-/m1/s1. The van der Waals surface area contributed by atoms with E-state index in [1.807, 2.05) is 55.5 Å². The molecule has 0 aromatic heterocycles. The molecule has 0 spiro atoms. The molecule has 0 aliphatic carbocycles. The van der Waals surface area contributed by atoms with Crippen LogP contribution in [-0.2, 0) is 11.2 Å². The van der Waals surface area contributed by atoms with Crippen molar-refractivity contribution in [3.05, 3.63) is 88.9 Å². The lowest BCUT2D eigenvalue weighted by atomic mass is 10.1. The molecule has 2 amide bonds. The van der Waals surface area contributed by atoms with E-state index >= 15 is 0 Å². The Hall–Kier alpha value is -2.76. The molecular formula is C25H25ClN2O2S. The summed E-state index contributed by atoms with van der Waals surface area (Å²) in [5.41, 5.74) is 2.37. The number of carbonyl (C=O) groups excluding carboxylic acids is 2. The molecule has 31 heavy (non-hydrogen) atoms. The van der Waals surface area contributed by atoms with E-state index in [0.717, 1.165) is 22.6 Å². The van der Waals surface area contributed by atoms with Crippen LogP contribution in [-0.4, -0.2) is 17.9 Å². The van der Waals surface area contributed by atoms with Gasteiger partial charge < -0.3 is 10.6 Å². The van der Waals surface area contributed by atoms with Crippen molar-refractivity contribution in [3.8, 4) is 0 Å². The molecule has 1 atom stereocenters. The van der Waals surface area contributed by atoms with Gasteiger partial charge in [-0.2, -0.15) is 0 Å². The summed E-state index contributed by atoms with van der Waals surface area (Å²) >= 11 is 7.46. The third kappa shape index (κ3) is 7.16. The zero-order valence-electron chi connectivity index (χ0n) is 17.5. The SMILES string of the molecule is CC(=O)Nc1cc(C(=O)N[C@H](C)CCc2ccccc2)ccc1Sc1ccc(Cl)cc1. The molecule has 3 aromatic carbocycles.